The van der Waals surface area contributed by atoms with Crippen LogP contribution in [-0.2, 0) is 21.4 Å². The predicted octanol–water partition coefficient (Wildman–Crippen LogP) is 0.688. The number of aromatic nitrogens is 4. The van der Waals surface area contributed by atoms with E-state index in [1.165, 1.54) is 29.5 Å². The molecule has 0 aliphatic heterocycles. The average molecular weight is 364 g/mol. The summed E-state index contributed by atoms with van der Waals surface area (Å²) in [6.07, 6.45) is 0. The van der Waals surface area contributed by atoms with Crippen molar-refractivity contribution >= 4 is 33.0 Å². The summed E-state index contributed by atoms with van der Waals surface area (Å²) in [4.78, 5) is 13.9. The van der Waals surface area contributed by atoms with E-state index in [9.17, 15) is 13.2 Å². The molecule has 2 aromatic heterocycles. The van der Waals surface area contributed by atoms with Crippen molar-refractivity contribution in [3.8, 4) is 10.7 Å². The Morgan fingerprint density at radius 3 is 2.83 bits per heavy atom. The van der Waals surface area contributed by atoms with Gasteiger partial charge in [0.05, 0.1) is 9.77 Å². The summed E-state index contributed by atoms with van der Waals surface area (Å²) >= 11 is 1.47. The second-order valence-corrected chi connectivity index (χ2v) is 7.25. The summed E-state index contributed by atoms with van der Waals surface area (Å²) in [5.74, 6) is 0.0192. The van der Waals surface area contributed by atoms with Gasteiger partial charge in [0.2, 0.25) is 21.8 Å². The fraction of sp³-hybridized carbons (Fsp3) is 0.0769. The summed E-state index contributed by atoms with van der Waals surface area (Å²) in [5, 5.41) is 21.3. The van der Waals surface area contributed by atoms with E-state index in [2.05, 4.69) is 20.7 Å². The zero-order valence-corrected chi connectivity index (χ0v) is 13.8. The van der Waals surface area contributed by atoms with Crippen molar-refractivity contribution < 1.29 is 13.2 Å². The molecule has 11 heteroatoms. The summed E-state index contributed by atoms with van der Waals surface area (Å²) in [6, 6.07) is 9.38. The molecule has 0 unspecified atom stereocenters. The van der Waals surface area contributed by atoms with Gasteiger partial charge in [0.15, 0.2) is 0 Å². The molecule has 9 nitrogen and oxygen atoms in total. The minimum atomic E-state index is -3.83. The number of hydrogen-bond acceptors (Lipinski definition) is 7. The monoisotopic (exact) mass is 364 g/mol. The number of nitrogens with zero attached hydrogens (tertiary/aromatic N) is 4. The van der Waals surface area contributed by atoms with Crippen LogP contribution >= 0.6 is 11.3 Å². The molecule has 0 saturated carbocycles. The van der Waals surface area contributed by atoms with Gasteiger partial charge in [0.1, 0.15) is 6.54 Å². The number of primary sulfonamides is 1. The third kappa shape index (κ3) is 3.82. The zero-order valence-electron chi connectivity index (χ0n) is 12.2. The number of nitrogens with one attached hydrogen (secondary N) is 1. The van der Waals surface area contributed by atoms with Crippen LogP contribution in [0.3, 0.4) is 0 Å². The zero-order chi connectivity index (χ0) is 17.2. The maximum absolute atomic E-state index is 12.0. The van der Waals surface area contributed by atoms with E-state index >= 15 is 0 Å². The van der Waals surface area contributed by atoms with Gasteiger partial charge in [-0.3, -0.25) is 4.79 Å². The molecule has 3 N–H and O–H groups in total. The highest BCUT2D eigenvalue weighted by atomic mass is 32.2. The van der Waals surface area contributed by atoms with E-state index in [0.717, 1.165) is 9.67 Å². The lowest BCUT2D eigenvalue weighted by atomic mass is 10.3. The van der Waals surface area contributed by atoms with Crippen molar-refractivity contribution in [3.63, 3.8) is 0 Å². The molecule has 24 heavy (non-hydrogen) atoms. The molecule has 0 aliphatic rings. The number of thiophene rings is 1. The Kier molecular flexibility index (Phi) is 4.38. The highest BCUT2D eigenvalue weighted by Crippen LogP contribution is 2.19. The van der Waals surface area contributed by atoms with Crippen LogP contribution in [0.15, 0.2) is 46.7 Å². The first-order valence-corrected chi connectivity index (χ1v) is 9.09. The highest BCUT2D eigenvalue weighted by molar-refractivity contribution is 7.89. The van der Waals surface area contributed by atoms with Crippen LogP contribution in [0.5, 0.6) is 0 Å². The van der Waals surface area contributed by atoms with Gasteiger partial charge in [-0.25, -0.2) is 13.6 Å². The molecular formula is C13H12N6O3S2. The standard InChI is InChI=1S/C13H12N6O3S2/c14-24(21,22)10-4-1-3-9(7-10)15-12(20)8-19-17-13(16-18-19)11-5-2-6-23-11/h1-7H,8H2,(H,15,20)(H2,14,21,22). The lowest BCUT2D eigenvalue weighted by Gasteiger charge is -2.06. The molecule has 0 saturated heterocycles. The number of benzene rings is 1. The van der Waals surface area contributed by atoms with Crippen LogP contribution in [0.2, 0.25) is 0 Å². The van der Waals surface area contributed by atoms with Crippen molar-refractivity contribution in [1.82, 2.24) is 20.2 Å². The maximum Gasteiger partial charge on any atom is 0.248 e. The topological polar surface area (TPSA) is 133 Å². The Labute approximate surface area is 141 Å². The number of tetrazole rings is 1. The molecule has 0 fully saturated rings. The summed E-state index contributed by atoms with van der Waals surface area (Å²) in [7, 11) is -3.83. The molecule has 0 aliphatic carbocycles. The number of anilines is 1. The molecule has 0 bridgehead atoms. The summed E-state index contributed by atoms with van der Waals surface area (Å²) < 4.78 is 22.6. The van der Waals surface area contributed by atoms with Gasteiger partial charge < -0.3 is 5.32 Å². The van der Waals surface area contributed by atoms with Crippen LogP contribution in [0.1, 0.15) is 0 Å². The fourth-order valence-electron chi connectivity index (χ4n) is 1.89. The van der Waals surface area contributed by atoms with Crippen molar-refractivity contribution in [2.75, 3.05) is 5.32 Å². The largest absolute Gasteiger partial charge is 0.324 e. The van der Waals surface area contributed by atoms with Gasteiger partial charge in [-0.05, 0) is 34.9 Å². The Bertz CT molecular complexity index is 965. The van der Waals surface area contributed by atoms with Crippen molar-refractivity contribution in [1.29, 1.82) is 0 Å². The van der Waals surface area contributed by atoms with Crippen molar-refractivity contribution in [3.05, 3.63) is 41.8 Å². The fourth-order valence-corrected chi connectivity index (χ4v) is 3.10. The third-order valence-electron chi connectivity index (χ3n) is 2.93. The van der Waals surface area contributed by atoms with Crippen LogP contribution < -0.4 is 10.5 Å². The van der Waals surface area contributed by atoms with Crippen LogP contribution in [-0.4, -0.2) is 34.5 Å². The number of sulfonamides is 1. The predicted molar refractivity (Wildman–Crippen MR) is 87.6 cm³/mol. The second-order valence-electron chi connectivity index (χ2n) is 4.74. The third-order valence-corrected chi connectivity index (χ3v) is 4.70. The molecule has 0 radical (unpaired) electrons. The van der Waals surface area contributed by atoms with Gasteiger partial charge in [-0.1, -0.05) is 12.1 Å². The number of carbonyl (C=O) groups excluding carboxylic acids is 1. The summed E-state index contributed by atoms with van der Waals surface area (Å²) in [5.41, 5.74) is 0.310. The number of amides is 1. The van der Waals surface area contributed by atoms with Crippen molar-refractivity contribution in [2.24, 2.45) is 5.14 Å². The minimum Gasteiger partial charge on any atom is -0.324 e. The van der Waals surface area contributed by atoms with Crippen LogP contribution in [0, 0.1) is 0 Å². The normalized spacial score (nSPS) is 11.4. The molecule has 1 aromatic carbocycles. The molecular weight excluding hydrogens is 352 g/mol. The van der Waals surface area contributed by atoms with E-state index in [1.54, 1.807) is 6.07 Å². The number of rotatable bonds is 5. The number of nitrogens with two attached hydrogens (primary N) is 1. The maximum atomic E-state index is 12.0. The first-order valence-electron chi connectivity index (χ1n) is 6.66. The smallest absolute Gasteiger partial charge is 0.248 e. The van der Waals surface area contributed by atoms with Gasteiger partial charge in [-0.15, -0.1) is 21.5 Å². The van der Waals surface area contributed by atoms with Gasteiger partial charge in [0.25, 0.3) is 0 Å². The Morgan fingerprint density at radius 2 is 2.12 bits per heavy atom. The Morgan fingerprint density at radius 1 is 1.29 bits per heavy atom. The SMILES string of the molecule is NS(=O)(=O)c1cccc(NC(=O)Cn2nnc(-c3cccs3)n2)c1. The van der Waals surface area contributed by atoms with E-state index < -0.39 is 15.9 Å². The van der Waals surface area contributed by atoms with Crippen LogP contribution in [0.4, 0.5) is 5.69 Å². The Hall–Kier alpha value is -2.63. The van der Waals surface area contributed by atoms with E-state index in [0.29, 0.717) is 11.5 Å². The second kappa shape index (κ2) is 6.47. The molecule has 0 atom stereocenters. The first-order chi connectivity index (χ1) is 11.4. The Balaban J connectivity index is 1.68. The lowest BCUT2D eigenvalue weighted by molar-refractivity contribution is -0.117. The average Bonchev–Trinajstić information content (AvgIpc) is 3.17. The van der Waals surface area contributed by atoms with Gasteiger partial charge in [-0.2, -0.15) is 4.80 Å². The molecule has 3 aromatic rings. The molecule has 3 rings (SSSR count). The van der Waals surface area contributed by atoms with Gasteiger partial charge >= 0.3 is 0 Å². The summed E-state index contributed by atoms with van der Waals surface area (Å²) in [6.45, 7) is -0.155. The highest BCUT2D eigenvalue weighted by Gasteiger charge is 2.12. The van der Waals surface area contributed by atoms with Crippen molar-refractivity contribution in [2.45, 2.75) is 11.4 Å². The van der Waals surface area contributed by atoms with Crippen LogP contribution in [0.25, 0.3) is 10.7 Å². The quantitative estimate of drug-likeness (QED) is 0.684. The van der Waals surface area contributed by atoms with E-state index in [4.69, 9.17) is 5.14 Å². The lowest BCUT2D eigenvalue weighted by Crippen LogP contribution is -2.21. The first kappa shape index (κ1) is 16.2. The van der Waals surface area contributed by atoms with E-state index in [1.807, 2.05) is 17.5 Å². The van der Waals surface area contributed by atoms with Gasteiger partial charge in [0, 0.05) is 5.69 Å². The number of hydrogen-bond donors (Lipinski definition) is 2. The van der Waals surface area contributed by atoms with E-state index in [-0.39, 0.29) is 11.4 Å². The minimum absolute atomic E-state index is 0.0841. The molecule has 0 spiro atoms. The molecule has 1 amide bonds. The molecule has 124 valence electrons. The molecule has 2 heterocycles. The number of carbonyl (C=O) groups is 1.